The van der Waals surface area contributed by atoms with Crippen LogP contribution in [0.15, 0.2) is 83.8 Å². The summed E-state index contributed by atoms with van der Waals surface area (Å²) in [6, 6.07) is 19.9. The first-order valence-corrected chi connectivity index (χ1v) is 11.6. The van der Waals surface area contributed by atoms with Crippen LogP contribution in [-0.4, -0.2) is 32.4 Å². The van der Waals surface area contributed by atoms with Crippen molar-refractivity contribution in [1.29, 1.82) is 0 Å². The molecule has 3 aromatic carbocycles. The number of nitro groups is 1. The monoisotopic (exact) mass is 469 g/mol. The molecule has 0 radical (unpaired) electrons. The van der Waals surface area contributed by atoms with Gasteiger partial charge in [0.05, 0.1) is 22.1 Å². The Labute approximate surface area is 191 Å². The van der Waals surface area contributed by atoms with Crippen molar-refractivity contribution in [2.45, 2.75) is 18.4 Å². The first kappa shape index (κ1) is 23.7. The van der Waals surface area contributed by atoms with E-state index in [1.807, 2.05) is 19.1 Å². The molecule has 0 atom stereocenters. The van der Waals surface area contributed by atoms with Gasteiger partial charge in [0.25, 0.3) is 15.7 Å². The summed E-state index contributed by atoms with van der Waals surface area (Å²) in [5.41, 5.74) is 0.697. The number of anilines is 1. The van der Waals surface area contributed by atoms with Gasteiger partial charge in [0.15, 0.2) is 0 Å². The molecule has 0 aliphatic heterocycles. The van der Waals surface area contributed by atoms with Crippen LogP contribution in [0.3, 0.4) is 0 Å². The minimum absolute atomic E-state index is 0.00200. The van der Waals surface area contributed by atoms with E-state index < -0.39 is 27.4 Å². The molecular weight excluding hydrogens is 446 g/mol. The maximum absolute atomic E-state index is 13.3. The lowest BCUT2D eigenvalue weighted by molar-refractivity contribution is -0.384. The highest BCUT2D eigenvalue weighted by atomic mass is 32.2. The number of carbonyl (C=O) groups is 1. The van der Waals surface area contributed by atoms with Gasteiger partial charge in [0, 0.05) is 24.2 Å². The Hall–Kier alpha value is -3.92. The van der Waals surface area contributed by atoms with E-state index in [0.29, 0.717) is 12.4 Å². The van der Waals surface area contributed by atoms with Gasteiger partial charge in [-0.1, -0.05) is 36.4 Å². The molecule has 0 saturated heterocycles. The summed E-state index contributed by atoms with van der Waals surface area (Å²) in [7, 11) is -4.10. The van der Waals surface area contributed by atoms with Crippen LogP contribution >= 0.6 is 0 Å². The Kier molecular flexibility index (Phi) is 7.62. The van der Waals surface area contributed by atoms with Crippen molar-refractivity contribution in [3.8, 4) is 5.75 Å². The zero-order chi connectivity index (χ0) is 23.8. The van der Waals surface area contributed by atoms with Crippen molar-refractivity contribution < 1.29 is 22.9 Å². The van der Waals surface area contributed by atoms with Gasteiger partial charge >= 0.3 is 0 Å². The SMILES string of the molecule is CCOc1ccccc1CNC(=O)CN(c1ccc([N+](=O)[O-])cc1)S(=O)(=O)c1ccccc1. The maximum atomic E-state index is 13.3. The van der Waals surface area contributed by atoms with Gasteiger partial charge in [-0.05, 0) is 37.3 Å². The molecule has 0 fully saturated rings. The lowest BCUT2D eigenvalue weighted by Gasteiger charge is -2.24. The summed E-state index contributed by atoms with van der Waals surface area (Å²) < 4.78 is 33.1. The molecule has 172 valence electrons. The van der Waals surface area contributed by atoms with Gasteiger partial charge in [-0.15, -0.1) is 0 Å². The number of amides is 1. The van der Waals surface area contributed by atoms with E-state index in [0.717, 1.165) is 9.87 Å². The Morgan fingerprint density at radius 2 is 1.64 bits per heavy atom. The topological polar surface area (TPSA) is 119 Å². The lowest BCUT2D eigenvalue weighted by Crippen LogP contribution is -2.40. The van der Waals surface area contributed by atoms with E-state index in [1.54, 1.807) is 30.3 Å². The smallest absolute Gasteiger partial charge is 0.269 e. The Morgan fingerprint density at radius 3 is 2.27 bits per heavy atom. The standard InChI is InChI=1S/C23H23N3O6S/c1-2-32-22-11-7-6-8-18(22)16-24-23(27)17-25(19-12-14-20(15-13-19)26(28)29)33(30,31)21-9-4-3-5-10-21/h3-15H,2,16-17H2,1H3,(H,24,27). The average molecular weight is 470 g/mol. The van der Waals surface area contributed by atoms with Gasteiger partial charge in [-0.25, -0.2) is 8.42 Å². The van der Waals surface area contributed by atoms with Gasteiger partial charge < -0.3 is 10.1 Å². The number of benzene rings is 3. The molecule has 0 saturated carbocycles. The predicted octanol–water partition coefficient (Wildman–Crippen LogP) is 3.51. The van der Waals surface area contributed by atoms with Crippen molar-refractivity contribution in [1.82, 2.24) is 5.32 Å². The van der Waals surface area contributed by atoms with E-state index in [4.69, 9.17) is 4.74 Å². The van der Waals surface area contributed by atoms with E-state index in [9.17, 15) is 23.3 Å². The maximum Gasteiger partial charge on any atom is 0.269 e. The Morgan fingerprint density at radius 1 is 1.00 bits per heavy atom. The molecule has 0 bridgehead atoms. The molecule has 0 aliphatic rings. The molecule has 0 spiro atoms. The van der Waals surface area contributed by atoms with Crippen LogP contribution in [0.4, 0.5) is 11.4 Å². The zero-order valence-electron chi connectivity index (χ0n) is 17.9. The highest BCUT2D eigenvalue weighted by Gasteiger charge is 2.27. The van der Waals surface area contributed by atoms with Crippen LogP contribution in [0.25, 0.3) is 0 Å². The summed E-state index contributed by atoms with van der Waals surface area (Å²) in [6.45, 7) is 1.96. The van der Waals surface area contributed by atoms with Crippen LogP contribution in [0.5, 0.6) is 5.75 Å². The van der Waals surface area contributed by atoms with Crippen molar-refractivity contribution in [2.75, 3.05) is 17.5 Å². The largest absolute Gasteiger partial charge is 0.494 e. The summed E-state index contributed by atoms with van der Waals surface area (Å²) >= 11 is 0. The number of carbonyl (C=O) groups excluding carboxylic acids is 1. The molecule has 3 aromatic rings. The number of nitrogens with zero attached hydrogens (tertiary/aromatic N) is 2. The normalized spacial score (nSPS) is 10.9. The molecule has 9 nitrogen and oxygen atoms in total. The van der Waals surface area contributed by atoms with Gasteiger partial charge in [0.2, 0.25) is 5.91 Å². The van der Waals surface area contributed by atoms with Gasteiger partial charge in [-0.2, -0.15) is 0 Å². The summed E-state index contributed by atoms with van der Waals surface area (Å²) in [5.74, 6) is 0.0867. The number of non-ortho nitro benzene ring substituents is 1. The second kappa shape index (κ2) is 10.6. The van der Waals surface area contributed by atoms with Crippen LogP contribution in [-0.2, 0) is 21.4 Å². The quantitative estimate of drug-likeness (QED) is 0.359. The van der Waals surface area contributed by atoms with Crippen molar-refractivity contribution >= 4 is 27.3 Å². The number of nitro benzene ring substituents is 1. The van der Waals surface area contributed by atoms with Gasteiger partial charge in [-0.3, -0.25) is 19.2 Å². The lowest BCUT2D eigenvalue weighted by atomic mass is 10.2. The molecule has 0 aromatic heterocycles. The Balaban J connectivity index is 1.85. The van der Waals surface area contributed by atoms with Gasteiger partial charge in [0.1, 0.15) is 12.3 Å². The van der Waals surface area contributed by atoms with Crippen LogP contribution < -0.4 is 14.4 Å². The fourth-order valence-corrected chi connectivity index (χ4v) is 4.54. The van der Waals surface area contributed by atoms with Crippen LogP contribution in [0.1, 0.15) is 12.5 Å². The summed E-state index contributed by atoms with van der Waals surface area (Å²) in [6.07, 6.45) is 0. The fraction of sp³-hybridized carbons (Fsp3) is 0.174. The molecule has 33 heavy (non-hydrogen) atoms. The number of para-hydroxylation sites is 1. The van der Waals surface area contributed by atoms with E-state index >= 15 is 0 Å². The van der Waals surface area contributed by atoms with E-state index in [-0.39, 0.29) is 22.8 Å². The van der Waals surface area contributed by atoms with Crippen LogP contribution in [0.2, 0.25) is 0 Å². The minimum atomic E-state index is -4.10. The second-order valence-electron chi connectivity index (χ2n) is 6.92. The molecule has 10 heteroatoms. The average Bonchev–Trinajstić information content (AvgIpc) is 2.82. The van der Waals surface area contributed by atoms with Crippen LogP contribution in [0, 0.1) is 10.1 Å². The number of sulfonamides is 1. The third-order valence-corrected chi connectivity index (χ3v) is 6.50. The molecule has 3 rings (SSSR count). The number of hydrogen-bond donors (Lipinski definition) is 1. The van der Waals surface area contributed by atoms with E-state index in [2.05, 4.69) is 5.32 Å². The molecule has 0 aliphatic carbocycles. The zero-order valence-corrected chi connectivity index (χ0v) is 18.7. The third kappa shape index (κ3) is 5.86. The van der Waals surface area contributed by atoms with Crippen molar-refractivity contribution in [3.63, 3.8) is 0 Å². The minimum Gasteiger partial charge on any atom is -0.494 e. The molecule has 0 unspecified atom stereocenters. The molecular formula is C23H23N3O6S. The molecule has 0 heterocycles. The summed E-state index contributed by atoms with van der Waals surface area (Å²) in [4.78, 5) is 23.1. The third-order valence-electron chi connectivity index (χ3n) is 4.72. The Bertz CT molecular complexity index is 1210. The first-order chi connectivity index (χ1) is 15.8. The van der Waals surface area contributed by atoms with Crippen molar-refractivity contribution in [3.05, 3.63) is 94.5 Å². The highest BCUT2D eigenvalue weighted by molar-refractivity contribution is 7.92. The predicted molar refractivity (Wildman–Crippen MR) is 124 cm³/mol. The van der Waals surface area contributed by atoms with Crippen molar-refractivity contribution in [2.24, 2.45) is 0 Å². The number of hydrogen-bond acceptors (Lipinski definition) is 6. The first-order valence-electron chi connectivity index (χ1n) is 10.1. The second-order valence-corrected chi connectivity index (χ2v) is 8.78. The number of nitrogens with one attached hydrogen (secondary N) is 1. The molecule has 1 amide bonds. The summed E-state index contributed by atoms with van der Waals surface area (Å²) in [5, 5.41) is 13.7. The van der Waals surface area contributed by atoms with E-state index in [1.165, 1.54) is 36.4 Å². The fourth-order valence-electron chi connectivity index (χ4n) is 3.10. The number of ether oxygens (including phenoxy) is 1. The molecule has 1 N–H and O–H groups in total. The number of rotatable bonds is 10. The highest BCUT2D eigenvalue weighted by Crippen LogP contribution is 2.26.